The molecule has 0 atom stereocenters. The first-order valence-corrected chi connectivity index (χ1v) is 8.17. The molecular weight excluding hydrogens is 317 g/mol. The zero-order valence-corrected chi connectivity index (χ0v) is 12.6. The summed E-state index contributed by atoms with van der Waals surface area (Å²) in [6.45, 7) is 2.00. The van der Waals surface area contributed by atoms with Crippen LogP contribution in [0.1, 0.15) is 20.1 Å². The Kier molecular flexibility index (Phi) is 4.40. The van der Waals surface area contributed by atoms with Gasteiger partial charge in [0, 0.05) is 16.3 Å². The molecule has 0 spiro atoms. The number of hydrogen-bond acceptors (Lipinski definition) is 4. The predicted octanol–water partition coefficient (Wildman–Crippen LogP) is 2.37. The van der Waals surface area contributed by atoms with Crippen LogP contribution in [0.15, 0.2) is 35.2 Å². The van der Waals surface area contributed by atoms with Crippen molar-refractivity contribution in [3.05, 3.63) is 51.5 Å². The van der Waals surface area contributed by atoms with E-state index in [0.29, 0.717) is 0 Å². The molecule has 1 heterocycles. The maximum absolute atomic E-state index is 13.3. The third kappa shape index (κ3) is 3.66. The van der Waals surface area contributed by atoms with Crippen molar-refractivity contribution in [3.8, 4) is 0 Å². The summed E-state index contributed by atoms with van der Waals surface area (Å²) < 4.78 is 39.8. The summed E-state index contributed by atoms with van der Waals surface area (Å²) in [4.78, 5) is 12.4. The van der Waals surface area contributed by atoms with Gasteiger partial charge in [-0.3, -0.25) is 0 Å². The average molecular weight is 329 g/mol. The topological polar surface area (TPSA) is 83.5 Å². The van der Waals surface area contributed by atoms with Crippen molar-refractivity contribution in [2.75, 3.05) is 0 Å². The maximum Gasteiger partial charge on any atom is 0.338 e. The zero-order valence-electron chi connectivity index (χ0n) is 11.0. The second kappa shape index (κ2) is 5.92. The first-order chi connectivity index (χ1) is 9.79. The molecule has 21 heavy (non-hydrogen) atoms. The number of benzene rings is 1. The molecule has 0 aliphatic rings. The molecule has 2 rings (SSSR count). The van der Waals surface area contributed by atoms with Crippen LogP contribution in [0, 0.1) is 12.7 Å². The minimum absolute atomic E-state index is 0.0978. The number of aryl methyl sites for hydroxylation is 1. The summed E-state index contributed by atoms with van der Waals surface area (Å²) >= 11 is 1.45. The van der Waals surface area contributed by atoms with E-state index in [1.807, 2.05) is 13.0 Å². The van der Waals surface area contributed by atoms with Gasteiger partial charge in [0.15, 0.2) is 0 Å². The molecule has 1 aromatic heterocycles. The highest BCUT2D eigenvalue weighted by Crippen LogP contribution is 2.18. The summed E-state index contributed by atoms with van der Waals surface area (Å²) in [5.41, 5.74) is -0.676. The molecule has 5 nitrogen and oxygen atoms in total. The van der Waals surface area contributed by atoms with Gasteiger partial charge >= 0.3 is 5.97 Å². The fraction of sp³-hybridized carbons (Fsp3) is 0.154. The number of hydrogen-bond donors (Lipinski definition) is 2. The summed E-state index contributed by atoms with van der Waals surface area (Å²) in [5.74, 6) is -2.49. The minimum Gasteiger partial charge on any atom is -0.478 e. The summed E-state index contributed by atoms with van der Waals surface area (Å²) in [6, 6.07) is 6.33. The highest BCUT2D eigenvalue weighted by molar-refractivity contribution is 7.89. The molecule has 0 saturated carbocycles. The minimum atomic E-state index is -3.90. The third-order valence-electron chi connectivity index (χ3n) is 2.71. The van der Waals surface area contributed by atoms with Crippen molar-refractivity contribution < 1.29 is 22.7 Å². The van der Waals surface area contributed by atoms with E-state index in [2.05, 4.69) is 4.72 Å². The van der Waals surface area contributed by atoms with E-state index in [1.165, 1.54) is 11.3 Å². The molecule has 2 N–H and O–H groups in total. The number of rotatable bonds is 5. The Labute approximate surface area is 125 Å². The molecule has 0 saturated heterocycles. The van der Waals surface area contributed by atoms with Gasteiger partial charge < -0.3 is 5.11 Å². The van der Waals surface area contributed by atoms with Crippen LogP contribution in [-0.2, 0) is 16.6 Å². The van der Waals surface area contributed by atoms with Crippen LogP contribution in [-0.4, -0.2) is 19.5 Å². The number of nitrogens with one attached hydrogen (secondary N) is 1. The van der Waals surface area contributed by atoms with Crippen LogP contribution in [0.5, 0.6) is 0 Å². The Morgan fingerprint density at radius 1 is 1.33 bits per heavy atom. The lowest BCUT2D eigenvalue weighted by Crippen LogP contribution is -2.23. The largest absolute Gasteiger partial charge is 0.478 e. The fourth-order valence-electron chi connectivity index (χ4n) is 1.67. The van der Waals surface area contributed by atoms with Crippen molar-refractivity contribution >= 4 is 27.3 Å². The Hall–Kier alpha value is -1.77. The monoisotopic (exact) mass is 329 g/mol. The van der Waals surface area contributed by atoms with E-state index in [9.17, 15) is 17.6 Å². The lowest BCUT2D eigenvalue weighted by atomic mass is 10.2. The Morgan fingerprint density at radius 3 is 2.62 bits per heavy atom. The van der Waals surface area contributed by atoms with Crippen molar-refractivity contribution in [2.24, 2.45) is 0 Å². The molecule has 0 radical (unpaired) electrons. The van der Waals surface area contributed by atoms with Gasteiger partial charge in [-0.2, -0.15) is 0 Å². The lowest BCUT2D eigenvalue weighted by Gasteiger charge is -2.07. The summed E-state index contributed by atoms with van der Waals surface area (Å²) in [7, 11) is -3.90. The van der Waals surface area contributed by atoms with Crippen molar-refractivity contribution in [1.82, 2.24) is 4.72 Å². The number of sulfonamides is 1. The Balaban J connectivity index is 2.23. The number of carbonyl (C=O) groups is 1. The van der Waals surface area contributed by atoms with Gasteiger partial charge in [0.2, 0.25) is 10.0 Å². The Morgan fingerprint density at radius 2 is 2.05 bits per heavy atom. The first kappa shape index (κ1) is 15.6. The smallest absolute Gasteiger partial charge is 0.338 e. The molecule has 112 valence electrons. The van der Waals surface area contributed by atoms with Crippen LogP contribution in [0.4, 0.5) is 4.39 Å². The molecule has 0 aliphatic heterocycles. The van der Waals surface area contributed by atoms with Gasteiger partial charge in [0.1, 0.15) is 5.82 Å². The van der Waals surface area contributed by atoms with E-state index in [1.54, 1.807) is 6.07 Å². The normalized spacial score (nSPS) is 11.5. The molecular formula is C13H12FNO4S2. The first-order valence-electron chi connectivity index (χ1n) is 5.87. The third-order valence-corrected chi connectivity index (χ3v) is 5.11. The van der Waals surface area contributed by atoms with Gasteiger partial charge in [-0.05, 0) is 37.3 Å². The Bertz CT molecular complexity index is 783. The molecule has 0 bridgehead atoms. The van der Waals surface area contributed by atoms with Crippen LogP contribution in [0.3, 0.4) is 0 Å². The number of thiophene rings is 1. The molecule has 8 heteroatoms. The van der Waals surface area contributed by atoms with Gasteiger partial charge in [-0.1, -0.05) is 0 Å². The quantitative estimate of drug-likeness (QED) is 0.882. The maximum atomic E-state index is 13.3. The van der Waals surface area contributed by atoms with E-state index in [4.69, 9.17) is 5.11 Å². The lowest BCUT2D eigenvalue weighted by molar-refractivity contribution is 0.0691. The second-order valence-electron chi connectivity index (χ2n) is 4.28. The molecule has 0 fully saturated rings. The predicted molar refractivity (Wildman–Crippen MR) is 76.4 cm³/mol. The van der Waals surface area contributed by atoms with Crippen LogP contribution < -0.4 is 4.72 Å². The molecule has 0 amide bonds. The molecule has 1 aromatic carbocycles. The van der Waals surface area contributed by atoms with Crippen LogP contribution >= 0.6 is 11.3 Å². The summed E-state index contributed by atoms with van der Waals surface area (Å²) in [5, 5.41) is 8.81. The fourth-order valence-corrected chi connectivity index (χ4v) is 3.62. The van der Waals surface area contributed by atoms with Crippen molar-refractivity contribution in [2.45, 2.75) is 18.4 Å². The number of carboxylic acid groups (broad SMARTS) is 1. The SMILES string of the molecule is Cc1ccc(CNS(=O)(=O)c2ccc(F)c(C(=O)O)c2)s1. The van der Waals surface area contributed by atoms with Crippen molar-refractivity contribution in [3.63, 3.8) is 0 Å². The van der Waals surface area contributed by atoms with Gasteiger partial charge in [-0.15, -0.1) is 11.3 Å². The van der Waals surface area contributed by atoms with Crippen LogP contribution in [0.2, 0.25) is 0 Å². The zero-order chi connectivity index (χ0) is 15.6. The summed E-state index contributed by atoms with van der Waals surface area (Å²) in [6.07, 6.45) is 0. The number of aromatic carboxylic acids is 1. The van der Waals surface area contributed by atoms with Gasteiger partial charge in [0.25, 0.3) is 0 Å². The average Bonchev–Trinajstić information content (AvgIpc) is 2.82. The van der Waals surface area contributed by atoms with E-state index >= 15 is 0 Å². The standard InChI is InChI=1S/C13H12FNO4S2/c1-8-2-3-9(20-8)7-15-21(18,19)10-4-5-12(14)11(6-10)13(16)17/h2-6,15H,7H2,1H3,(H,16,17). The van der Waals surface area contributed by atoms with Crippen LogP contribution in [0.25, 0.3) is 0 Å². The van der Waals surface area contributed by atoms with Gasteiger partial charge in [-0.25, -0.2) is 22.3 Å². The van der Waals surface area contributed by atoms with Crippen molar-refractivity contribution in [1.29, 1.82) is 0 Å². The number of carboxylic acids is 1. The highest BCUT2D eigenvalue weighted by atomic mass is 32.2. The number of halogens is 1. The van der Waals surface area contributed by atoms with E-state index in [0.717, 1.165) is 28.0 Å². The molecule has 0 unspecified atom stereocenters. The highest BCUT2D eigenvalue weighted by Gasteiger charge is 2.19. The van der Waals surface area contributed by atoms with Gasteiger partial charge in [0.05, 0.1) is 10.5 Å². The molecule has 2 aromatic rings. The van der Waals surface area contributed by atoms with E-state index < -0.39 is 27.4 Å². The van der Waals surface area contributed by atoms with E-state index in [-0.39, 0.29) is 11.4 Å². The second-order valence-corrected chi connectivity index (χ2v) is 7.42. The molecule has 0 aliphatic carbocycles.